The lowest BCUT2D eigenvalue weighted by Crippen LogP contribution is -2.26. The van der Waals surface area contributed by atoms with E-state index >= 15 is 0 Å². The fourth-order valence-electron chi connectivity index (χ4n) is 1.47. The smallest absolute Gasteiger partial charge is 0.270 e. The highest BCUT2D eigenvalue weighted by molar-refractivity contribution is 7.09. The van der Waals surface area contributed by atoms with Crippen molar-refractivity contribution < 1.29 is 9.32 Å². The number of hydrogen-bond donors (Lipinski definition) is 2. The lowest BCUT2D eigenvalue weighted by atomic mass is 10.4. The Morgan fingerprint density at radius 3 is 2.90 bits per heavy atom. The molecule has 0 aliphatic carbocycles. The standard InChI is InChI=1S/C11H15N5O2S.ClH/c1-7-14-9(18-16-7)3-5-13-11(17)8-6-19-10(15-8)2-4-12;/h6H,2-5,12H2,1H3,(H,13,17);1H. The fourth-order valence-corrected chi connectivity index (χ4v) is 2.26. The minimum atomic E-state index is -0.198. The van der Waals surface area contributed by atoms with Crippen molar-refractivity contribution in [3.8, 4) is 0 Å². The second kappa shape index (κ2) is 7.93. The maximum atomic E-state index is 11.8. The van der Waals surface area contributed by atoms with Gasteiger partial charge < -0.3 is 15.6 Å². The molecule has 0 aliphatic rings. The third-order valence-electron chi connectivity index (χ3n) is 2.34. The van der Waals surface area contributed by atoms with Crippen molar-refractivity contribution in [2.75, 3.05) is 13.1 Å². The summed E-state index contributed by atoms with van der Waals surface area (Å²) in [5.74, 6) is 0.905. The summed E-state index contributed by atoms with van der Waals surface area (Å²) in [7, 11) is 0. The van der Waals surface area contributed by atoms with Crippen molar-refractivity contribution >= 4 is 29.7 Å². The van der Waals surface area contributed by atoms with Crippen molar-refractivity contribution in [1.29, 1.82) is 0 Å². The third-order valence-corrected chi connectivity index (χ3v) is 3.25. The zero-order chi connectivity index (χ0) is 13.7. The van der Waals surface area contributed by atoms with E-state index in [-0.39, 0.29) is 18.3 Å². The first-order valence-electron chi connectivity index (χ1n) is 5.91. The Morgan fingerprint density at radius 2 is 2.25 bits per heavy atom. The normalized spacial score (nSPS) is 10.1. The highest BCUT2D eigenvalue weighted by Gasteiger charge is 2.10. The number of nitrogens with one attached hydrogen (secondary N) is 1. The van der Waals surface area contributed by atoms with E-state index in [9.17, 15) is 4.79 Å². The minimum absolute atomic E-state index is 0. The van der Waals surface area contributed by atoms with Crippen LogP contribution in [0.5, 0.6) is 0 Å². The molecule has 0 saturated heterocycles. The van der Waals surface area contributed by atoms with Gasteiger partial charge in [-0.15, -0.1) is 23.7 Å². The highest BCUT2D eigenvalue weighted by Crippen LogP contribution is 2.09. The molecule has 0 radical (unpaired) electrons. The number of amides is 1. The number of aromatic nitrogens is 3. The fraction of sp³-hybridized carbons (Fsp3) is 0.455. The number of carbonyl (C=O) groups is 1. The molecule has 2 heterocycles. The van der Waals surface area contributed by atoms with Gasteiger partial charge in [0.2, 0.25) is 5.89 Å². The monoisotopic (exact) mass is 317 g/mol. The zero-order valence-electron chi connectivity index (χ0n) is 11.0. The van der Waals surface area contributed by atoms with E-state index in [4.69, 9.17) is 10.3 Å². The van der Waals surface area contributed by atoms with E-state index in [0.717, 1.165) is 5.01 Å². The number of hydrogen-bond acceptors (Lipinski definition) is 7. The van der Waals surface area contributed by atoms with Gasteiger partial charge in [0, 0.05) is 24.8 Å². The van der Waals surface area contributed by atoms with E-state index in [0.29, 0.717) is 43.3 Å². The first-order chi connectivity index (χ1) is 9.19. The topological polar surface area (TPSA) is 107 Å². The van der Waals surface area contributed by atoms with Crippen LogP contribution in [-0.2, 0) is 12.8 Å². The molecule has 9 heteroatoms. The van der Waals surface area contributed by atoms with E-state index in [1.165, 1.54) is 11.3 Å². The van der Waals surface area contributed by atoms with Gasteiger partial charge in [0.15, 0.2) is 5.82 Å². The summed E-state index contributed by atoms with van der Waals surface area (Å²) in [5.41, 5.74) is 5.86. The number of rotatable bonds is 6. The molecule has 0 bridgehead atoms. The van der Waals surface area contributed by atoms with E-state index < -0.39 is 0 Å². The van der Waals surface area contributed by atoms with Gasteiger partial charge >= 0.3 is 0 Å². The Balaban J connectivity index is 0.00000200. The van der Waals surface area contributed by atoms with Crippen molar-refractivity contribution in [3.05, 3.63) is 27.8 Å². The van der Waals surface area contributed by atoms with Crippen LogP contribution >= 0.6 is 23.7 Å². The van der Waals surface area contributed by atoms with Crippen LogP contribution < -0.4 is 11.1 Å². The summed E-state index contributed by atoms with van der Waals surface area (Å²) in [6, 6.07) is 0. The molecule has 3 N–H and O–H groups in total. The van der Waals surface area contributed by atoms with Gasteiger partial charge in [-0.3, -0.25) is 4.79 Å². The Kier molecular flexibility index (Phi) is 6.56. The number of halogens is 1. The second-order valence-electron chi connectivity index (χ2n) is 3.91. The Morgan fingerprint density at radius 1 is 1.45 bits per heavy atom. The first kappa shape index (κ1) is 16.5. The summed E-state index contributed by atoms with van der Waals surface area (Å²) in [6.45, 7) is 2.72. The highest BCUT2D eigenvalue weighted by atomic mass is 35.5. The van der Waals surface area contributed by atoms with Gasteiger partial charge in [-0.25, -0.2) is 4.98 Å². The Bertz CT molecular complexity index is 557. The molecule has 1 amide bonds. The molecule has 7 nitrogen and oxygen atoms in total. The molecule has 0 saturated carbocycles. The molecule has 20 heavy (non-hydrogen) atoms. The first-order valence-corrected chi connectivity index (χ1v) is 6.79. The van der Waals surface area contributed by atoms with Gasteiger partial charge in [0.05, 0.1) is 5.01 Å². The molecule has 2 rings (SSSR count). The molecule has 0 unspecified atom stereocenters. The predicted octanol–water partition coefficient (Wildman–Crippen LogP) is 0.730. The van der Waals surface area contributed by atoms with Gasteiger partial charge in [-0.05, 0) is 13.5 Å². The summed E-state index contributed by atoms with van der Waals surface area (Å²) in [6.07, 6.45) is 1.20. The largest absolute Gasteiger partial charge is 0.350 e. The average molecular weight is 318 g/mol. The SMILES string of the molecule is Cc1noc(CCNC(=O)c2csc(CCN)n2)n1.Cl. The number of thiazole rings is 1. The maximum Gasteiger partial charge on any atom is 0.270 e. The van der Waals surface area contributed by atoms with Crippen LogP contribution in [0.15, 0.2) is 9.90 Å². The van der Waals surface area contributed by atoms with Crippen molar-refractivity contribution in [2.24, 2.45) is 5.73 Å². The van der Waals surface area contributed by atoms with E-state index in [2.05, 4.69) is 20.4 Å². The lowest BCUT2D eigenvalue weighted by molar-refractivity contribution is 0.0949. The molecule has 0 fully saturated rings. The quantitative estimate of drug-likeness (QED) is 0.813. The lowest BCUT2D eigenvalue weighted by Gasteiger charge is -1.99. The number of aryl methyl sites for hydroxylation is 1. The average Bonchev–Trinajstić information content (AvgIpc) is 2.99. The molecule has 110 valence electrons. The van der Waals surface area contributed by atoms with Crippen LogP contribution in [-0.4, -0.2) is 34.1 Å². The Labute approximate surface area is 126 Å². The Hall–Kier alpha value is -1.51. The number of carbonyl (C=O) groups excluding carboxylic acids is 1. The number of nitrogens with two attached hydrogens (primary N) is 1. The van der Waals surface area contributed by atoms with Crippen LogP contribution in [0.3, 0.4) is 0 Å². The third kappa shape index (κ3) is 4.55. The van der Waals surface area contributed by atoms with E-state index in [1.807, 2.05) is 0 Å². The summed E-state index contributed by atoms with van der Waals surface area (Å²) in [4.78, 5) is 20.0. The summed E-state index contributed by atoms with van der Waals surface area (Å²) in [5, 5.41) is 9.04. The van der Waals surface area contributed by atoms with Crippen LogP contribution in [0.2, 0.25) is 0 Å². The van der Waals surface area contributed by atoms with Gasteiger partial charge in [0.1, 0.15) is 5.69 Å². The minimum Gasteiger partial charge on any atom is -0.350 e. The van der Waals surface area contributed by atoms with Crippen molar-refractivity contribution in [1.82, 2.24) is 20.4 Å². The molecule has 2 aromatic heterocycles. The molecule has 0 spiro atoms. The van der Waals surface area contributed by atoms with Gasteiger partial charge in [-0.2, -0.15) is 4.98 Å². The molecular weight excluding hydrogens is 302 g/mol. The van der Waals surface area contributed by atoms with Crippen LogP contribution in [0.25, 0.3) is 0 Å². The van der Waals surface area contributed by atoms with Crippen molar-refractivity contribution in [3.63, 3.8) is 0 Å². The van der Waals surface area contributed by atoms with E-state index in [1.54, 1.807) is 12.3 Å². The van der Waals surface area contributed by atoms with Crippen molar-refractivity contribution in [2.45, 2.75) is 19.8 Å². The molecule has 2 aromatic rings. The summed E-state index contributed by atoms with van der Waals surface area (Å²) >= 11 is 1.44. The zero-order valence-corrected chi connectivity index (χ0v) is 12.6. The molecule has 0 aromatic carbocycles. The molecular formula is C11H16ClN5O2S. The maximum absolute atomic E-state index is 11.8. The van der Waals surface area contributed by atoms with Gasteiger partial charge in [0.25, 0.3) is 5.91 Å². The van der Waals surface area contributed by atoms with Crippen LogP contribution in [0, 0.1) is 6.92 Å². The second-order valence-corrected chi connectivity index (χ2v) is 4.85. The number of nitrogens with zero attached hydrogens (tertiary/aromatic N) is 3. The predicted molar refractivity (Wildman–Crippen MR) is 77.2 cm³/mol. The molecule has 0 atom stereocenters. The van der Waals surface area contributed by atoms with Crippen LogP contribution in [0.1, 0.15) is 27.2 Å². The molecule has 0 aliphatic heterocycles. The van der Waals surface area contributed by atoms with Crippen LogP contribution in [0.4, 0.5) is 0 Å². The summed E-state index contributed by atoms with van der Waals surface area (Å²) < 4.78 is 4.95. The van der Waals surface area contributed by atoms with Gasteiger partial charge in [-0.1, -0.05) is 5.16 Å².